The van der Waals surface area contributed by atoms with Gasteiger partial charge in [0.05, 0.1) is 11.6 Å². The molecule has 3 rings (SSSR count). The molecule has 0 spiro atoms. The van der Waals surface area contributed by atoms with Crippen LogP contribution in [0.25, 0.3) is 16.9 Å². The molecule has 0 N–H and O–H groups in total. The van der Waals surface area contributed by atoms with Gasteiger partial charge in [-0.15, -0.1) is 11.6 Å². The van der Waals surface area contributed by atoms with Crippen molar-refractivity contribution in [2.75, 3.05) is 0 Å². The summed E-state index contributed by atoms with van der Waals surface area (Å²) in [4.78, 5) is 9.03. The molecular weight excluding hydrogens is 405 g/mol. The van der Waals surface area contributed by atoms with E-state index in [2.05, 4.69) is 60.9 Å². The van der Waals surface area contributed by atoms with Gasteiger partial charge in [-0.1, -0.05) is 6.07 Å². The van der Waals surface area contributed by atoms with Gasteiger partial charge >= 0.3 is 0 Å². The van der Waals surface area contributed by atoms with Crippen molar-refractivity contribution >= 4 is 54.6 Å². The van der Waals surface area contributed by atoms with E-state index in [-0.39, 0.29) is 0 Å². The molecule has 102 valence electrons. The monoisotopic (exact) mass is 413 g/mol. The summed E-state index contributed by atoms with van der Waals surface area (Å²) >= 11 is 13.1. The molecule has 1 aromatic carbocycles. The number of rotatable bonds is 2. The van der Waals surface area contributed by atoms with E-state index in [9.17, 15) is 0 Å². The number of pyridine rings is 1. The first-order chi connectivity index (χ1) is 9.60. The Morgan fingerprint density at radius 1 is 1.25 bits per heavy atom. The minimum atomic E-state index is 0.328. The fraction of sp³-hybridized carbons (Fsp3) is 0.143. The third kappa shape index (κ3) is 2.38. The smallest absolute Gasteiger partial charge is 0.164 e. The first-order valence-corrected chi connectivity index (χ1v) is 8.07. The van der Waals surface area contributed by atoms with Crippen molar-refractivity contribution in [3.05, 3.63) is 50.8 Å². The Kier molecular flexibility index (Phi) is 3.84. The highest BCUT2D eigenvalue weighted by molar-refractivity contribution is 9.10. The second-order valence-corrected chi connectivity index (χ2v) is 6.49. The summed E-state index contributed by atoms with van der Waals surface area (Å²) in [6.45, 7) is 2.06. The van der Waals surface area contributed by atoms with Gasteiger partial charge in [0.25, 0.3) is 0 Å². The number of benzene rings is 1. The van der Waals surface area contributed by atoms with Crippen molar-refractivity contribution in [3.8, 4) is 5.69 Å². The molecule has 20 heavy (non-hydrogen) atoms. The molecule has 0 radical (unpaired) electrons. The predicted molar refractivity (Wildman–Crippen MR) is 88.6 cm³/mol. The maximum absolute atomic E-state index is 6.05. The number of alkyl halides is 1. The minimum absolute atomic E-state index is 0.328. The average molecular weight is 416 g/mol. The van der Waals surface area contributed by atoms with E-state index in [4.69, 9.17) is 11.6 Å². The number of hydrogen-bond donors (Lipinski definition) is 0. The molecule has 0 atom stereocenters. The molecule has 0 aliphatic carbocycles. The van der Waals surface area contributed by atoms with Crippen molar-refractivity contribution in [2.45, 2.75) is 12.8 Å². The molecule has 3 nitrogen and oxygen atoms in total. The van der Waals surface area contributed by atoms with Gasteiger partial charge in [-0.2, -0.15) is 0 Å². The first kappa shape index (κ1) is 14.0. The molecule has 0 bridgehead atoms. The molecule has 6 heteroatoms. The number of hydrogen-bond acceptors (Lipinski definition) is 2. The van der Waals surface area contributed by atoms with E-state index in [1.54, 1.807) is 6.20 Å². The van der Waals surface area contributed by atoms with Crippen LogP contribution in [0.3, 0.4) is 0 Å². The van der Waals surface area contributed by atoms with Gasteiger partial charge in [0.15, 0.2) is 5.65 Å². The normalized spacial score (nSPS) is 11.2. The molecule has 0 aliphatic heterocycles. The van der Waals surface area contributed by atoms with Crippen LogP contribution < -0.4 is 0 Å². The molecule has 0 saturated heterocycles. The van der Waals surface area contributed by atoms with Crippen LogP contribution in [0, 0.1) is 6.92 Å². The first-order valence-electron chi connectivity index (χ1n) is 5.95. The molecule has 0 aliphatic rings. The van der Waals surface area contributed by atoms with E-state index >= 15 is 0 Å². The summed E-state index contributed by atoms with van der Waals surface area (Å²) in [7, 11) is 0. The van der Waals surface area contributed by atoms with Crippen LogP contribution in [0.5, 0.6) is 0 Å². The fourth-order valence-electron chi connectivity index (χ4n) is 2.12. The minimum Gasteiger partial charge on any atom is -0.279 e. The van der Waals surface area contributed by atoms with Crippen LogP contribution in [-0.4, -0.2) is 14.5 Å². The molecule has 3 aromatic rings. The maximum atomic E-state index is 6.05. The summed E-state index contributed by atoms with van der Waals surface area (Å²) in [6, 6.07) is 8.11. The Bertz CT molecular complexity index is 798. The number of fused-ring (bicyclic) bond motifs is 1. The van der Waals surface area contributed by atoms with Crippen LogP contribution in [0.4, 0.5) is 0 Å². The van der Waals surface area contributed by atoms with E-state index in [0.29, 0.717) is 5.88 Å². The highest BCUT2D eigenvalue weighted by Gasteiger charge is 2.15. The highest BCUT2D eigenvalue weighted by Crippen LogP contribution is 2.28. The van der Waals surface area contributed by atoms with Gasteiger partial charge in [0.2, 0.25) is 0 Å². The van der Waals surface area contributed by atoms with Gasteiger partial charge in [0.1, 0.15) is 11.3 Å². The molecule has 0 unspecified atom stereocenters. The number of imidazole rings is 1. The summed E-state index contributed by atoms with van der Waals surface area (Å²) in [5.74, 6) is 1.10. The molecule has 2 heterocycles. The third-order valence-electron chi connectivity index (χ3n) is 3.00. The van der Waals surface area contributed by atoms with Crippen LogP contribution >= 0.6 is 43.5 Å². The molecule has 0 amide bonds. The number of aromatic nitrogens is 3. The van der Waals surface area contributed by atoms with Crippen LogP contribution in [0.2, 0.25) is 0 Å². The molecule has 2 aromatic heterocycles. The van der Waals surface area contributed by atoms with Crippen LogP contribution in [0.15, 0.2) is 39.4 Å². The van der Waals surface area contributed by atoms with Crippen molar-refractivity contribution < 1.29 is 0 Å². The maximum Gasteiger partial charge on any atom is 0.164 e. The van der Waals surface area contributed by atoms with E-state index < -0.39 is 0 Å². The fourth-order valence-corrected chi connectivity index (χ4v) is 3.05. The van der Waals surface area contributed by atoms with Crippen LogP contribution in [-0.2, 0) is 5.88 Å². The Hall–Kier alpha value is -0.910. The highest BCUT2D eigenvalue weighted by atomic mass is 79.9. The summed E-state index contributed by atoms with van der Waals surface area (Å²) < 4.78 is 3.88. The van der Waals surface area contributed by atoms with Crippen molar-refractivity contribution in [3.63, 3.8) is 0 Å². The lowest BCUT2D eigenvalue weighted by Gasteiger charge is -2.10. The standard InChI is InChI=1S/C14H10Br2ClN3/c1-8-2-3-10(16)12(4-8)20-13(6-17)19-11-5-9(15)7-18-14(11)20/h2-5,7H,6H2,1H3. The Morgan fingerprint density at radius 2 is 2.05 bits per heavy atom. The molecule has 0 fully saturated rings. The summed E-state index contributed by atoms with van der Waals surface area (Å²) in [5.41, 5.74) is 3.79. The summed E-state index contributed by atoms with van der Waals surface area (Å²) in [5, 5.41) is 0. The number of aryl methyl sites for hydroxylation is 1. The Balaban J connectivity index is 2.37. The van der Waals surface area contributed by atoms with Gasteiger partial charge in [0, 0.05) is 15.1 Å². The zero-order valence-electron chi connectivity index (χ0n) is 10.6. The third-order valence-corrected chi connectivity index (χ3v) is 4.34. The lowest BCUT2D eigenvalue weighted by atomic mass is 10.2. The topological polar surface area (TPSA) is 30.7 Å². The van der Waals surface area contributed by atoms with E-state index in [0.717, 1.165) is 31.6 Å². The Morgan fingerprint density at radius 3 is 2.80 bits per heavy atom. The Labute approximate surface area is 138 Å². The SMILES string of the molecule is Cc1ccc(Br)c(-n2c(CCl)nc3cc(Br)cnc32)c1. The number of halogens is 3. The van der Waals surface area contributed by atoms with E-state index in [1.165, 1.54) is 5.56 Å². The van der Waals surface area contributed by atoms with Crippen molar-refractivity contribution in [1.29, 1.82) is 0 Å². The predicted octanol–water partition coefficient (Wildman–Crippen LogP) is 4.99. The average Bonchev–Trinajstić information content (AvgIpc) is 2.78. The number of nitrogens with zero attached hydrogens (tertiary/aromatic N) is 3. The zero-order chi connectivity index (χ0) is 14.3. The van der Waals surface area contributed by atoms with Gasteiger partial charge in [-0.05, 0) is 62.5 Å². The van der Waals surface area contributed by atoms with Crippen LogP contribution in [0.1, 0.15) is 11.4 Å². The van der Waals surface area contributed by atoms with Gasteiger partial charge in [-0.25, -0.2) is 9.97 Å². The molecule has 0 saturated carbocycles. The van der Waals surface area contributed by atoms with Crippen molar-refractivity contribution in [2.24, 2.45) is 0 Å². The van der Waals surface area contributed by atoms with Gasteiger partial charge in [-0.3, -0.25) is 4.57 Å². The van der Waals surface area contributed by atoms with Gasteiger partial charge < -0.3 is 0 Å². The second kappa shape index (κ2) is 5.47. The lowest BCUT2D eigenvalue weighted by Crippen LogP contribution is -2.01. The lowest BCUT2D eigenvalue weighted by molar-refractivity contribution is 0.963. The van der Waals surface area contributed by atoms with Crippen molar-refractivity contribution in [1.82, 2.24) is 14.5 Å². The van der Waals surface area contributed by atoms with E-state index in [1.807, 2.05) is 16.7 Å². The zero-order valence-corrected chi connectivity index (χ0v) is 14.5. The second-order valence-electron chi connectivity index (χ2n) is 4.45. The largest absolute Gasteiger partial charge is 0.279 e. The quantitative estimate of drug-likeness (QED) is 0.552. The molecular formula is C14H10Br2ClN3. The summed E-state index contributed by atoms with van der Waals surface area (Å²) in [6.07, 6.45) is 1.77.